The summed E-state index contributed by atoms with van der Waals surface area (Å²) in [6.45, 7) is 8.85. The zero-order valence-corrected chi connectivity index (χ0v) is 8.39. The first-order valence-corrected chi connectivity index (χ1v) is 4.62. The van der Waals surface area contributed by atoms with Gasteiger partial charge in [0.2, 0.25) is 0 Å². The summed E-state index contributed by atoms with van der Waals surface area (Å²) < 4.78 is 0. The molecule has 0 bridgehead atoms. The van der Waals surface area contributed by atoms with Gasteiger partial charge in [-0.1, -0.05) is 45.9 Å². The van der Waals surface area contributed by atoms with Gasteiger partial charge in [-0.25, -0.2) is 0 Å². The molecule has 12 heavy (non-hydrogen) atoms. The van der Waals surface area contributed by atoms with Crippen molar-refractivity contribution in [2.24, 2.45) is 0 Å². The first kappa shape index (κ1) is 9.31. The van der Waals surface area contributed by atoms with Crippen molar-refractivity contribution in [3.8, 4) is 0 Å². The van der Waals surface area contributed by atoms with E-state index >= 15 is 0 Å². The lowest BCUT2D eigenvalue weighted by Gasteiger charge is -2.09. The van der Waals surface area contributed by atoms with Gasteiger partial charge in [0.05, 0.1) is 0 Å². The molecule has 0 aromatic heterocycles. The quantitative estimate of drug-likeness (QED) is 0.620. The van der Waals surface area contributed by atoms with Crippen molar-refractivity contribution in [2.45, 2.75) is 39.5 Å². The van der Waals surface area contributed by atoms with E-state index in [4.69, 9.17) is 0 Å². The monoisotopic (exact) mass is 161 g/mol. The molecule has 0 fully saturated rings. The summed E-state index contributed by atoms with van der Waals surface area (Å²) in [7, 11) is 0. The third kappa shape index (κ3) is 2.10. The van der Waals surface area contributed by atoms with Crippen LogP contribution >= 0.6 is 0 Å². The average Bonchev–Trinajstić information content (AvgIpc) is 2.04. The van der Waals surface area contributed by atoms with Crippen LogP contribution in [0.5, 0.6) is 0 Å². The van der Waals surface area contributed by atoms with Gasteiger partial charge in [0.1, 0.15) is 0 Å². The highest BCUT2D eigenvalue weighted by Gasteiger charge is 2.02. The summed E-state index contributed by atoms with van der Waals surface area (Å²) in [6, 6.07) is 9.70. The normalized spacial score (nSPS) is 11.2. The summed E-state index contributed by atoms with van der Waals surface area (Å²) in [4.78, 5) is 0. The minimum absolute atomic E-state index is 0.587. The van der Waals surface area contributed by atoms with Crippen LogP contribution in [0.3, 0.4) is 0 Å². The van der Waals surface area contributed by atoms with Crippen molar-refractivity contribution in [3.63, 3.8) is 0 Å². The fraction of sp³-hybridized carbons (Fsp3) is 0.500. The van der Waals surface area contributed by atoms with Crippen LogP contribution in [0.15, 0.2) is 18.2 Å². The molecule has 0 N–H and O–H groups in total. The van der Waals surface area contributed by atoms with Crippen LogP contribution in [0.1, 0.15) is 50.7 Å². The molecule has 0 spiro atoms. The van der Waals surface area contributed by atoms with Crippen LogP contribution in [0.25, 0.3) is 0 Å². The highest BCUT2D eigenvalue weighted by atomic mass is 14.1. The van der Waals surface area contributed by atoms with E-state index in [1.807, 2.05) is 6.07 Å². The highest BCUT2D eigenvalue weighted by molar-refractivity contribution is 5.26. The molecule has 0 saturated carbocycles. The van der Waals surface area contributed by atoms with Gasteiger partial charge >= 0.3 is 0 Å². The van der Waals surface area contributed by atoms with E-state index in [9.17, 15) is 0 Å². The number of hydrogen-bond donors (Lipinski definition) is 0. The van der Waals surface area contributed by atoms with Gasteiger partial charge in [0, 0.05) is 0 Å². The van der Waals surface area contributed by atoms with Gasteiger partial charge in [-0.05, 0) is 29.0 Å². The zero-order valence-electron chi connectivity index (χ0n) is 8.39. The summed E-state index contributed by atoms with van der Waals surface area (Å²) in [5.74, 6) is 1.21. The van der Waals surface area contributed by atoms with Gasteiger partial charge in [-0.15, -0.1) is 0 Å². The Balaban J connectivity index is 2.96. The topological polar surface area (TPSA) is 0 Å². The summed E-state index contributed by atoms with van der Waals surface area (Å²) in [5.41, 5.74) is 2.73. The van der Waals surface area contributed by atoms with Crippen LogP contribution in [-0.2, 0) is 0 Å². The molecule has 1 aromatic carbocycles. The molecule has 0 atom stereocenters. The molecular weight excluding hydrogens is 144 g/mol. The molecule has 0 unspecified atom stereocenters. The first-order chi connectivity index (χ1) is 5.61. The number of hydrogen-bond acceptors (Lipinski definition) is 0. The average molecular weight is 161 g/mol. The van der Waals surface area contributed by atoms with Gasteiger partial charge < -0.3 is 0 Å². The second kappa shape index (κ2) is 3.75. The molecule has 0 aliphatic rings. The predicted octanol–water partition coefficient (Wildman–Crippen LogP) is 3.73. The van der Waals surface area contributed by atoms with Crippen LogP contribution in [0, 0.1) is 6.07 Å². The van der Waals surface area contributed by atoms with Crippen LogP contribution in [-0.4, -0.2) is 0 Å². The number of benzene rings is 1. The molecule has 1 rings (SSSR count). The van der Waals surface area contributed by atoms with E-state index in [2.05, 4.69) is 45.9 Å². The minimum atomic E-state index is 0.587. The molecule has 0 amide bonds. The molecule has 0 aliphatic carbocycles. The van der Waals surface area contributed by atoms with Crippen LogP contribution in [0.2, 0.25) is 0 Å². The van der Waals surface area contributed by atoms with E-state index < -0.39 is 0 Å². The lowest BCUT2D eigenvalue weighted by molar-refractivity contribution is 0.832. The van der Waals surface area contributed by atoms with E-state index in [1.54, 1.807) is 0 Å². The first-order valence-electron chi connectivity index (χ1n) is 4.62. The van der Waals surface area contributed by atoms with Crippen LogP contribution < -0.4 is 0 Å². The molecular formula is C12H17. The maximum absolute atomic E-state index is 3.26. The summed E-state index contributed by atoms with van der Waals surface area (Å²) in [6.07, 6.45) is 0. The highest BCUT2D eigenvalue weighted by Crippen LogP contribution is 2.19. The van der Waals surface area contributed by atoms with E-state index in [0.29, 0.717) is 11.8 Å². The molecule has 0 saturated heterocycles. The fourth-order valence-corrected chi connectivity index (χ4v) is 1.20. The Bertz CT molecular complexity index is 223. The third-order valence-electron chi connectivity index (χ3n) is 2.14. The summed E-state index contributed by atoms with van der Waals surface area (Å²) in [5, 5.41) is 0. The smallest absolute Gasteiger partial charge is 0.0146 e. The molecule has 0 aliphatic heterocycles. The largest absolute Gasteiger partial charge is 0.0587 e. The van der Waals surface area contributed by atoms with Crippen molar-refractivity contribution in [2.75, 3.05) is 0 Å². The van der Waals surface area contributed by atoms with E-state index in [1.165, 1.54) is 11.1 Å². The van der Waals surface area contributed by atoms with Crippen molar-refractivity contribution in [3.05, 3.63) is 35.4 Å². The maximum Gasteiger partial charge on any atom is -0.0146 e. The Morgan fingerprint density at radius 1 is 1.08 bits per heavy atom. The standard InChI is InChI=1S/C12H17/c1-9(2)11-6-5-7-12(8-11)10(3)4/h5-6,8-10H,1-4H3. The fourth-order valence-electron chi connectivity index (χ4n) is 1.20. The summed E-state index contributed by atoms with van der Waals surface area (Å²) >= 11 is 0. The molecule has 0 nitrogen and oxygen atoms in total. The lowest BCUT2D eigenvalue weighted by atomic mass is 9.96. The number of rotatable bonds is 2. The van der Waals surface area contributed by atoms with Gasteiger partial charge in [-0.2, -0.15) is 0 Å². The molecule has 0 heteroatoms. The minimum Gasteiger partial charge on any atom is -0.0587 e. The van der Waals surface area contributed by atoms with E-state index in [0.717, 1.165) is 0 Å². The second-order valence-electron chi connectivity index (χ2n) is 3.89. The maximum atomic E-state index is 3.26. The van der Waals surface area contributed by atoms with E-state index in [-0.39, 0.29) is 0 Å². The predicted molar refractivity (Wildman–Crippen MR) is 53.5 cm³/mol. The van der Waals surface area contributed by atoms with Crippen molar-refractivity contribution < 1.29 is 0 Å². The molecule has 1 radical (unpaired) electrons. The van der Waals surface area contributed by atoms with Crippen molar-refractivity contribution in [1.29, 1.82) is 0 Å². The SMILES string of the molecule is CC(C)c1[c]ccc(C(C)C)c1. The third-order valence-corrected chi connectivity index (χ3v) is 2.14. The van der Waals surface area contributed by atoms with Gasteiger partial charge in [-0.3, -0.25) is 0 Å². The Hall–Kier alpha value is -0.780. The van der Waals surface area contributed by atoms with Crippen molar-refractivity contribution >= 4 is 0 Å². The molecule has 1 aromatic rings. The lowest BCUT2D eigenvalue weighted by Crippen LogP contribution is -1.92. The Labute approximate surface area is 75.6 Å². The Kier molecular flexibility index (Phi) is 2.91. The molecule has 65 valence electrons. The van der Waals surface area contributed by atoms with Crippen LogP contribution in [0.4, 0.5) is 0 Å². The Morgan fingerprint density at radius 2 is 1.75 bits per heavy atom. The molecule has 0 heterocycles. The van der Waals surface area contributed by atoms with Gasteiger partial charge in [0.25, 0.3) is 0 Å². The Morgan fingerprint density at radius 3 is 2.25 bits per heavy atom. The van der Waals surface area contributed by atoms with Crippen molar-refractivity contribution in [1.82, 2.24) is 0 Å². The van der Waals surface area contributed by atoms with Gasteiger partial charge in [0.15, 0.2) is 0 Å². The second-order valence-corrected chi connectivity index (χ2v) is 3.89. The zero-order chi connectivity index (χ0) is 9.14.